The maximum atomic E-state index is 12.8. The lowest BCUT2D eigenvalue weighted by atomic mass is 9.76. The molecule has 2 saturated heterocycles. The van der Waals surface area contributed by atoms with Gasteiger partial charge < -0.3 is 4.74 Å². The topological polar surface area (TPSA) is 75.7 Å². The molecule has 2 aliphatic heterocycles. The number of carbonyl (C=O) groups is 3. The van der Waals surface area contributed by atoms with Crippen LogP contribution in [0, 0.1) is 5.41 Å². The number of nitrogens with one attached hydrogen (secondary N) is 1. The normalized spacial score (nSPS) is 25.6. The van der Waals surface area contributed by atoms with Crippen molar-refractivity contribution in [1.29, 1.82) is 0 Å². The Morgan fingerprint density at radius 2 is 1.70 bits per heavy atom. The van der Waals surface area contributed by atoms with Crippen molar-refractivity contribution in [2.75, 3.05) is 13.2 Å². The average molecular weight is 282 g/mol. The molecule has 0 atom stereocenters. The van der Waals surface area contributed by atoms with Crippen LogP contribution in [0.3, 0.4) is 0 Å². The van der Waals surface area contributed by atoms with Gasteiger partial charge in [-0.2, -0.15) is 0 Å². The number of ether oxygens (including phenoxy) is 1. The summed E-state index contributed by atoms with van der Waals surface area (Å²) >= 11 is 0. The summed E-state index contributed by atoms with van der Waals surface area (Å²) in [7, 11) is 0. The van der Waals surface area contributed by atoms with E-state index in [4.69, 9.17) is 4.74 Å². The molecule has 0 unspecified atom stereocenters. The van der Waals surface area contributed by atoms with E-state index < -0.39 is 22.9 Å². The summed E-state index contributed by atoms with van der Waals surface area (Å²) in [5.41, 5.74) is -1.69. The van der Waals surface area contributed by atoms with Crippen LogP contribution in [0.2, 0.25) is 0 Å². The highest BCUT2D eigenvalue weighted by Gasteiger charge is 2.56. The van der Waals surface area contributed by atoms with Crippen LogP contribution in [0.25, 0.3) is 0 Å². The van der Waals surface area contributed by atoms with Crippen LogP contribution in [-0.2, 0) is 14.3 Å². The van der Waals surface area contributed by atoms with E-state index in [1.54, 1.807) is 13.8 Å². The molecule has 0 aromatic rings. The largest absolute Gasteiger partial charge is 0.381 e. The molecule has 6 heteroatoms. The van der Waals surface area contributed by atoms with Gasteiger partial charge in [0, 0.05) is 13.2 Å². The fourth-order valence-electron chi connectivity index (χ4n) is 3.07. The molecule has 0 bridgehead atoms. The number of nitrogens with zero attached hydrogens (tertiary/aromatic N) is 1. The van der Waals surface area contributed by atoms with Gasteiger partial charge >= 0.3 is 6.03 Å². The number of carbonyl (C=O) groups excluding carboxylic acids is 3. The zero-order valence-corrected chi connectivity index (χ0v) is 12.3. The third kappa shape index (κ3) is 2.02. The van der Waals surface area contributed by atoms with E-state index in [-0.39, 0.29) is 5.91 Å². The molecular weight excluding hydrogens is 260 g/mol. The standard InChI is InChI=1S/C14H22N2O4/c1-4-14(5-2)10(17)15-12(19)16(11(14)18)13(3)6-8-20-9-7-13/h4-9H2,1-3H3,(H,15,17,19). The molecule has 0 aromatic heterocycles. The minimum atomic E-state index is -1.12. The molecular formula is C14H22N2O4. The lowest BCUT2D eigenvalue weighted by Crippen LogP contribution is -2.69. The van der Waals surface area contributed by atoms with Crippen LogP contribution >= 0.6 is 0 Å². The molecule has 0 spiro atoms. The SMILES string of the molecule is CCC1(CC)C(=O)NC(=O)N(C2(C)CCOCC2)C1=O. The summed E-state index contributed by atoms with van der Waals surface area (Å²) in [5, 5.41) is 2.36. The second-order valence-electron chi connectivity index (χ2n) is 5.80. The highest BCUT2D eigenvalue weighted by molar-refractivity contribution is 6.19. The molecule has 1 N–H and O–H groups in total. The maximum Gasteiger partial charge on any atom is 0.331 e. The van der Waals surface area contributed by atoms with Gasteiger partial charge in [0.05, 0.1) is 5.54 Å². The Morgan fingerprint density at radius 1 is 1.15 bits per heavy atom. The number of hydrogen-bond donors (Lipinski definition) is 1. The molecule has 20 heavy (non-hydrogen) atoms. The minimum absolute atomic E-state index is 0.361. The summed E-state index contributed by atoms with van der Waals surface area (Å²) in [6.45, 7) is 6.54. The van der Waals surface area contributed by atoms with E-state index in [2.05, 4.69) is 5.32 Å². The van der Waals surface area contributed by atoms with Crippen molar-refractivity contribution >= 4 is 17.8 Å². The predicted octanol–water partition coefficient (Wildman–Crippen LogP) is 1.44. The lowest BCUT2D eigenvalue weighted by Gasteiger charge is -2.48. The quantitative estimate of drug-likeness (QED) is 0.795. The summed E-state index contributed by atoms with van der Waals surface area (Å²) in [4.78, 5) is 38.4. The van der Waals surface area contributed by atoms with Gasteiger partial charge in [0.1, 0.15) is 5.41 Å². The van der Waals surface area contributed by atoms with Crippen molar-refractivity contribution < 1.29 is 19.1 Å². The van der Waals surface area contributed by atoms with Crippen LogP contribution in [0.5, 0.6) is 0 Å². The molecule has 0 aromatic carbocycles. The van der Waals surface area contributed by atoms with Crippen molar-refractivity contribution in [2.45, 2.75) is 52.0 Å². The van der Waals surface area contributed by atoms with E-state index >= 15 is 0 Å². The number of barbiturate groups is 1. The van der Waals surface area contributed by atoms with Crippen molar-refractivity contribution in [3.8, 4) is 0 Å². The van der Waals surface area contributed by atoms with E-state index in [1.165, 1.54) is 4.90 Å². The van der Waals surface area contributed by atoms with Gasteiger partial charge in [-0.05, 0) is 32.6 Å². The van der Waals surface area contributed by atoms with E-state index in [0.29, 0.717) is 38.9 Å². The molecule has 6 nitrogen and oxygen atoms in total. The van der Waals surface area contributed by atoms with Gasteiger partial charge in [0.25, 0.3) is 0 Å². The van der Waals surface area contributed by atoms with Crippen LogP contribution in [-0.4, -0.2) is 41.5 Å². The Labute approximate surface area is 118 Å². The van der Waals surface area contributed by atoms with Crippen LogP contribution in [0.1, 0.15) is 46.5 Å². The number of urea groups is 1. The Balaban J connectivity index is 2.39. The van der Waals surface area contributed by atoms with E-state index in [0.717, 1.165) is 0 Å². The van der Waals surface area contributed by atoms with Crippen LogP contribution in [0.4, 0.5) is 4.79 Å². The van der Waals surface area contributed by atoms with Gasteiger partial charge in [0.2, 0.25) is 11.8 Å². The monoisotopic (exact) mass is 282 g/mol. The minimum Gasteiger partial charge on any atom is -0.381 e. The summed E-state index contributed by atoms with van der Waals surface area (Å²) in [6, 6.07) is -0.595. The van der Waals surface area contributed by atoms with E-state index in [1.807, 2.05) is 6.92 Å². The van der Waals surface area contributed by atoms with Gasteiger partial charge in [-0.3, -0.25) is 19.8 Å². The number of imide groups is 2. The van der Waals surface area contributed by atoms with Crippen molar-refractivity contribution in [2.24, 2.45) is 5.41 Å². The highest BCUT2D eigenvalue weighted by Crippen LogP contribution is 2.38. The fraction of sp³-hybridized carbons (Fsp3) is 0.786. The van der Waals surface area contributed by atoms with Crippen LogP contribution in [0.15, 0.2) is 0 Å². The zero-order chi connectivity index (χ0) is 15.0. The number of amides is 4. The third-order valence-electron chi connectivity index (χ3n) is 4.79. The van der Waals surface area contributed by atoms with Gasteiger partial charge in [-0.1, -0.05) is 13.8 Å². The van der Waals surface area contributed by atoms with Crippen molar-refractivity contribution in [3.63, 3.8) is 0 Å². The molecule has 2 rings (SSSR count). The first-order valence-electron chi connectivity index (χ1n) is 7.19. The third-order valence-corrected chi connectivity index (χ3v) is 4.79. The van der Waals surface area contributed by atoms with Gasteiger partial charge in [-0.25, -0.2) is 4.79 Å². The second-order valence-corrected chi connectivity index (χ2v) is 5.80. The van der Waals surface area contributed by atoms with Crippen molar-refractivity contribution in [1.82, 2.24) is 10.2 Å². The van der Waals surface area contributed by atoms with Crippen LogP contribution < -0.4 is 5.32 Å². The Kier molecular flexibility index (Phi) is 3.86. The molecule has 0 radical (unpaired) electrons. The summed E-state index contributed by atoms with van der Waals surface area (Å²) < 4.78 is 5.32. The lowest BCUT2D eigenvalue weighted by molar-refractivity contribution is -0.158. The maximum absolute atomic E-state index is 12.8. The van der Waals surface area contributed by atoms with E-state index in [9.17, 15) is 14.4 Å². The first-order valence-corrected chi connectivity index (χ1v) is 7.19. The molecule has 2 heterocycles. The summed E-state index contributed by atoms with van der Waals surface area (Å²) in [6.07, 6.45) is 1.99. The molecule has 0 saturated carbocycles. The summed E-state index contributed by atoms with van der Waals surface area (Å²) in [5.74, 6) is -0.829. The smallest absolute Gasteiger partial charge is 0.331 e. The van der Waals surface area contributed by atoms with Gasteiger partial charge in [-0.15, -0.1) is 0 Å². The Hall–Kier alpha value is -1.43. The molecule has 2 aliphatic rings. The highest BCUT2D eigenvalue weighted by atomic mass is 16.5. The first kappa shape index (κ1) is 15.0. The predicted molar refractivity (Wildman–Crippen MR) is 71.9 cm³/mol. The van der Waals surface area contributed by atoms with Crippen molar-refractivity contribution in [3.05, 3.63) is 0 Å². The molecule has 2 fully saturated rings. The molecule has 112 valence electrons. The number of hydrogen-bond acceptors (Lipinski definition) is 4. The second kappa shape index (κ2) is 5.16. The Bertz CT molecular complexity index is 436. The average Bonchev–Trinajstić information content (AvgIpc) is 2.40. The van der Waals surface area contributed by atoms with Gasteiger partial charge in [0.15, 0.2) is 0 Å². The Morgan fingerprint density at radius 3 is 2.20 bits per heavy atom. The fourth-order valence-corrected chi connectivity index (χ4v) is 3.07. The number of rotatable bonds is 3. The molecule has 0 aliphatic carbocycles. The zero-order valence-electron chi connectivity index (χ0n) is 12.3. The molecule has 4 amide bonds. The first-order chi connectivity index (χ1) is 9.41.